The minimum Gasteiger partial charge on any atom is -0.485 e. The molecule has 0 aromatic heterocycles. The van der Waals surface area contributed by atoms with Gasteiger partial charge >= 0.3 is 12.1 Å². The quantitative estimate of drug-likeness (QED) is 0.792. The van der Waals surface area contributed by atoms with Crippen molar-refractivity contribution in [3.05, 3.63) is 30.1 Å². The molecule has 2 atom stereocenters. The molecular formula is C17H22FNO5. The van der Waals surface area contributed by atoms with Gasteiger partial charge in [-0.3, -0.25) is 4.90 Å². The summed E-state index contributed by atoms with van der Waals surface area (Å²) in [6, 6.07) is 5.17. The molecule has 6 nitrogen and oxygen atoms in total. The number of esters is 1. The largest absolute Gasteiger partial charge is 0.485 e. The van der Waals surface area contributed by atoms with Crippen molar-refractivity contribution in [1.82, 2.24) is 4.90 Å². The molecule has 2 rings (SSSR count). The summed E-state index contributed by atoms with van der Waals surface area (Å²) in [6.45, 7) is 5.33. The van der Waals surface area contributed by atoms with E-state index < -0.39 is 35.6 Å². The highest BCUT2D eigenvalue weighted by Gasteiger charge is 2.43. The van der Waals surface area contributed by atoms with Crippen LogP contribution in [0.2, 0.25) is 0 Å². The third-order valence-electron chi connectivity index (χ3n) is 3.49. The van der Waals surface area contributed by atoms with Gasteiger partial charge in [0, 0.05) is 6.42 Å². The molecule has 1 aliphatic heterocycles. The van der Waals surface area contributed by atoms with Crippen molar-refractivity contribution in [3.63, 3.8) is 0 Å². The van der Waals surface area contributed by atoms with E-state index in [-0.39, 0.29) is 18.7 Å². The number of ether oxygens (including phenoxy) is 3. The maximum atomic E-state index is 13.7. The summed E-state index contributed by atoms with van der Waals surface area (Å²) in [5.41, 5.74) is -0.692. The van der Waals surface area contributed by atoms with E-state index in [4.69, 9.17) is 14.2 Å². The Hall–Kier alpha value is -2.31. The summed E-state index contributed by atoms with van der Waals surface area (Å²) in [7, 11) is 1.25. The molecule has 1 aliphatic rings. The molecule has 1 heterocycles. The van der Waals surface area contributed by atoms with Crippen LogP contribution in [0.15, 0.2) is 24.3 Å². The normalized spacial score (nSPS) is 20.6. The lowest BCUT2D eigenvalue weighted by molar-refractivity contribution is -0.145. The summed E-state index contributed by atoms with van der Waals surface area (Å²) >= 11 is 0. The van der Waals surface area contributed by atoms with E-state index in [0.717, 1.165) is 0 Å². The van der Waals surface area contributed by atoms with Crippen LogP contribution < -0.4 is 4.74 Å². The molecule has 1 saturated heterocycles. The number of methoxy groups -OCH3 is 1. The van der Waals surface area contributed by atoms with Crippen molar-refractivity contribution in [1.29, 1.82) is 0 Å². The molecule has 0 aliphatic carbocycles. The van der Waals surface area contributed by atoms with E-state index in [1.807, 2.05) is 0 Å². The lowest BCUT2D eigenvalue weighted by Gasteiger charge is -2.27. The molecule has 24 heavy (non-hydrogen) atoms. The van der Waals surface area contributed by atoms with Gasteiger partial charge in [0.1, 0.15) is 17.7 Å². The van der Waals surface area contributed by atoms with Gasteiger partial charge in [0.15, 0.2) is 11.6 Å². The van der Waals surface area contributed by atoms with Gasteiger partial charge in [0.2, 0.25) is 0 Å². The Balaban J connectivity index is 2.13. The third-order valence-corrected chi connectivity index (χ3v) is 3.49. The van der Waals surface area contributed by atoms with E-state index in [1.54, 1.807) is 32.9 Å². The third kappa shape index (κ3) is 4.37. The molecular weight excluding hydrogens is 317 g/mol. The molecule has 132 valence electrons. The van der Waals surface area contributed by atoms with Crippen molar-refractivity contribution in [3.8, 4) is 5.75 Å². The average molecular weight is 339 g/mol. The SMILES string of the molecule is COC(=O)C1CC(Oc2ccccc2F)CN1C(=O)OC(C)(C)C. The highest BCUT2D eigenvalue weighted by atomic mass is 19.1. The van der Waals surface area contributed by atoms with Crippen molar-refractivity contribution in [2.45, 2.75) is 44.9 Å². The molecule has 0 spiro atoms. The molecule has 1 aromatic carbocycles. The second-order valence-electron chi connectivity index (χ2n) is 6.58. The van der Waals surface area contributed by atoms with Gasteiger partial charge in [-0.2, -0.15) is 0 Å². The first-order valence-corrected chi connectivity index (χ1v) is 7.70. The van der Waals surface area contributed by atoms with Gasteiger partial charge in [0.25, 0.3) is 0 Å². The Bertz CT molecular complexity index is 613. The second-order valence-corrected chi connectivity index (χ2v) is 6.58. The van der Waals surface area contributed by atoms with Crippen LogP contribution in [0, 0.1) is 5.82 Å². The van der Waals surface area contributed by atoms with Gasteiger partial charge in [-0.05, 0) is 32.9 Å². The van der Waals surface area contributed by atoms with E-state index in [9.17, 15) is 14.0 Å². The summed E-state index contributed by atoms with van der Waals surface area (Å²) in [5, 5.41) is 0. The summed E-state index contributed by atoms with van der Waals surface area (Å²) in [6.07, 6.45) is -0.948. The van der Waals surface area contributed by atoms with E-state index in [0.29, 0.717) is 0 Å². The zero-order valence-corrected chi connectivity index (χ0v) is 14.2. The first-order chi connectivity index (χ1) is 11.2. The van der Waals surface area contributed by atoms with Crippen LogP contribution in [0.4, 0.5) is 9.18 Å². The first-order valence-electron chi connectivity index (χ1n) is 7.70. The van der Waals surface area contributed by atoms with Gasteiger partial charge in [-0.1, -0.05) is 12.1 Å². The fraction of sp³-hybridized carbons (Fsp3) is 0.529. The Morgan fingerprint density at radius 3 is 2.50 bits per heavy atom. The molecule has 0 radical (unpaired) electrons. The van der Waals surface area contributed by atoms with Crippen LogP contribution in [-0.2, 0) is 14.3 Å². The van der Waals surface area contributed by atoms with Gasteiger partial charge < -0.3 is 14.2 Å². The van der Waals surface area contributed by atoms with Crippen LogP contribution in [-0.4, -0.2) is 48.4 Å². The topological polar surface area (TPSA) is 65.1 Å². The summed E-state index contributed by atoms with van der Waals surface area (Å²) < 4.78 is 29.4. The number of nitrogens with zero attached hydrogens (tertiary/aromatic N) is 1. The number of para-hydroxylation sites is 1. The summed E-state index contributed by atoms with van der Waals surface area (Å²) in [5.74, 6) is -0.972. The number of carbonyl (C=O) groups is 2. The number of benzene rings is 1. The van der Waals surface area contributed by atoms with Crippen molar-refractivity contribution >= 4 is 12.1 Å². The zero-order valence-electron chi connectivity index (χ0n) is 14.2. The Morgan fingerprint density at radius 1 is 1.25 bits per heavy atom. The molecule has 2 unspecified atom stereocenters. The zero-order chi connectivity index (χ0) is 17.9. The Morgan fingerprint density at radius 2 is 1.92 bits per heavy atom. The molecule has 7 heteroatoms. The standard InChI is InChI=1S/C17H22FNO5/c1-17(2,3)24-16(21)19-10-11(9-13(19)15(20)22-4)23-14-8-6-5-7-12(14)18/h5-8,11,13H,9-10H2,1-4H3. The van der Waals surface area contributed by atoms with Crippen LogP contribution in [0.1, 0.15) is 27.2 Å². The minimum absolute atomic E-state index is 0.0807. The Kier molecular flexibility index (Phi) is 5.31. The van der Waals surface area contributed by atoms with Crippen LogP contribution in [0.5, 0.6) is 5.75 Å². The first kappa shape index (κ1) is 18.0. The summed E-state index contributed by atoms with van der Waals surface area (Å²) in [4.78, 5) is 25.5. The number of hydrogen-bond donors (Lipinski definition) is 0. The number of rotatable bonds is 3. The van der Waals surface area contributed by atoms with Crippen LogP contribution in [0.25, 0.3) is 0 Å². The van der Waals surface area contributed by atoms with Crippen LogP contribution in [0.3, 0.4) is 0 Å². The molecule has 0 N–H and O–H groups in total. The number of amides is 1. The fourth-order valence-electron chi connectivity index (χ4n) is 2.48. The number of carbonyl (C=O) groups excluding carboxylic acids is 2. The Labute approximate surface area is 140 Å². The molecule has 1 fully saturated rings. The predicted octanol–water partition coefficient (Wildman–Crippen LogP) is 2.76. The average Bonchev–Trinajstić information content (AvgIpc) is 2.91. The van der Waals surface area contributed by atoms with E-state index in [2.05, 4.69) is 0 Å². The lowest BCUT2D eigenvalue weighted by atomic mass is 10.2. The van der Waals surface area contributed by atoms with Gasteiger partial charge in [-0.25, -0.2) is 14.0 Å². The lowest BCUT2D eigenvalue weighted by Crippen LogP contribution is -2.44. The smallest absolute Gasteiger partial charge is 0.411 e. The van der Waals surface area contributed by atoms with Crippen molar-refractivity contribution in [2.75, 3.05) is 13.7 Å². The molecule has 1 amide bonds. The number of hydrogen-bond acceptors (Lipinski definition) is 5. The highest BCUT2D eigenvalue weighted by Crippen LogP contribution is 2.27. The molecule has 1 aromatic rings. The van der Waals surface area contributed by atoms with Crippen molar-refractivity contribution < 1.29 is 28.2 Å². The van der Waals surface area contributed by atoms with Crippen LogP contribution >= 0.6 is 0 Å². The number of halogens is 1. The highest BCUT2D eigenvalue weighted by molar-refractivity contribution is 5.82. The minimum atomic E-state index is -0.818. The van der Waals surface area contributed by atoms with Gasteiger partial charge in [0.05, 0.1) is 13.7 Å². The maximum absolute atomic E-state index is 13.7. The second kappa shape index (κ2) is 7.07. The number of likely N-dealkylation sites (tertiary alicyclic amines) is 1. The maximum Gasteiger partial charge on any atom is 0.411 e. The van der Waals surface area contributed by atoms with E-state index >= 15 is 0 Å². The van der Waals surface area contributed by atoms with Crippen molar-refractivity contribution in [2.24, 2.45) is 0 Å². The van der Waals surface area contributed by atoms with E-state index in [1.165, 1.54) is 24.1 Å². The molecule has 0 saturated carbocycles. The molecule has 0 bridgehead atoms. The fourth-order valence-corrected chi connectivity index (χ4v) is 2.48. The monoisotopic (exact) mass is 339 g/mol. The predicted molar refractivity (Wildman–Crippen MR) is 84.2 cm³/mol. The van der Waals surface area contributed by atoms with Gasteiger partial charge in [-0.15, -0.1) is 0 Å².